The fraction of sp³-hybridized carbons (Fsp3) is 0.471. The van der Waals surface area contributed by atoms with E-state index in [1.807, 2.05) is 11.5 Å². The summed E-state index contributed by atoms with van der Waals surface area (Å²) < 4.78 is 14.9. The van der Waals surface area contributed by atoms with Crippen LogP contribution in [0.5, 0.6) is 0 Å². The monoisotopic (exact) mass is 350 g/mol. The molecule has 1 aromatic carbocycles. The highest BCUT2D eigenvalue weighted by molar-refractivity contribution is 8.00. The van der Waals surface area contributed by atoms with Crippen LogP contribution >= 0.6 is 11.8 Å². The zero-order valence-electron chi connectivity index (χ0n) is 14.0. The van der Waals surface area contributed by atoms with Crippen molar-refractivity contribution in [3.63, 3.8) is 0 Å². The molecule has 5 nitrogen and oxygen atoms in total. The molecule has 0 aliphatic carbocycles. The van der Waals surface area contributed by atoms with Crippen molar-refractivity contribution in [3.05, 3.63) is 42.0 Å². The molecule has 24 heavy (non-hydrogen) atoms. The number of unbranched alkanes of at least 4 members (excludes halogenated alkanes) is 2. The number of amides is 1. The van der Waals surface area contributed by atoms with Gasteiger partial charge in [-0.1, -0.05) is 43.7 Å². The number of carbonyl (C=O) groups excluding carboxylic acids is 1. The van der Waals surface area contributed by atoms with Gasteiger partial charge in [0.1, 0.15) is 12.1 Å². The molecule has 2 rings (SSSR count). The molecule has 0 saturated carbocycles. The lowest BCUT2D eigenvalue weighted by molar-refractivity contribution is -0.120. The lowest BCUT2D eigenvalue weighted by Gasteiger charge is -2.12. The van der Waals surface area contributed by atoms with E-state index in [1.54, 1.807) is 18.5 Å². The second-order valence-electron chi connectivity index (χ2n) is 5.62. The number of thioether (sulfide) groups is 1. The first-order chi connectivity index (χ1) is 11.6. The van der Waals surface area contributed by atoms with Crippen molar-refractivity contribution in [2.45, 2.75) is 56.6 Å². The summed E-state index contributed by atoms with van der Waals surface area (Å²) in [5, 5.41) is 11.4. The number of nitrogens with one attached hydrogen (secondary N) is 1. The van der Waals surface area contributed by atoms with Gasteiger partial charge in [-0.05, 0) is 31.0 Å². The van der Waals surface area contributed by atoms with Crippen LogP contribution in [0.2, 0.25) is 0 Å². The van der Waals surface area contributed by atoms with Crippen LogP contribution in [0.25, 0.3) is 0 Å². The van der Waals surface area contributed by atoms with E-state index in [0.29, 0.717) is 6.54 Å². The predicted molar refractivity (Wildman–Crippen MR) is 93.1 cm³/mol. The van der Waals surface area contributed by atoms with Gasteiger partial charge in [-0.25, -0.2) is 4.39 Å². The van der Waals surface area contributed by atoms with E-state index in [-0.39, 0.29) is 17.0 Å². The number of hydrogen-bond acceptors (Lipinski definition) is 4. The molecule has 0 bridgehead atoms. The summed E-state index contributed by atoms with van der Waals surface area (Å²) in [4.78, 5) is 12.2. The summed E-state index contributed by atoms with van der Waals surface area (Å²) in [6, 6.07) is 6.10. The van der Waals surface area contributed by atoms with Crippen LogP contribution in [-0.2, 0) is 17.9 Å². The first kappa shape index (κ1) is 18.4. The van der Waals surface area contributed by atoms with Crippen molar-refractivity contribution >= 4 is 17.7 Å². The molecule has 0 aliphatic heterocycles. The van der Waals surface area contributed by atoms with E-state index >= 15 is 0 Å². The van der Waals surface area contributed by atoms with Crippen LogP contribution in [0.1, 0.15) is 38.7 Å². The van der Waals surface area contributed by atoms with Gasteiger partial charge in [0.25, 0.3) is 0 Å². The van der Waals surface area contributed by atoms with Crippen molar-refractivity contribution in [2.75, 3.05) is 0 Å². The van der Waals surface area contributed by atoms with Crippen LogP contribution in [0.15, 0.2) is 35.7 Å². The van der Waals surface area contributed by atoms with Gasteiger partial charge >= 0.3 is 0 Å². The van der Waals surface area contributed by atoms with Gasteiger partial charge in [-0.2, -0.15) is 0 Å². The first-order valence-electron chi connectivity index (χ1n) is 8.16. The van der Waals surface area contributed by atoms with E-state index in [2.05, 4.69) is 22.4 Å². The van der Waals surface area contributed by atoms with E-state index < -0.39 is 0 Å². The van der Waals surface area contributed by atoms with E-state index in [0.717, 1.165) is 36.5 Å². The summed E-state index contributed by atoms with van der Waals surface area (Å²) in [6.45, 7) is 5.26. The maximum absolute atomic E-state index is 12.9. The van der Waals surface area contributed by atoms with Gasteiger partial charge in [0.2, 0.25) is 5.91 Å². The lowest BCUT2D eigenvalue weighted by atomic mass is 10.2. The molecule has 1 heterocycles. The van der Waals surface area contributed by atoms with Gasteiger partial charge in [0.15, 0.2) is 5.16 Å². The Morgan fingerprint density at radius 2 is 2.08 bits per heavy atom. The molecule has 0 fully saturated rings. The molecule has 0 aliphatic rings. The smallest absolute Gasteiger partial charge is 0.233 e. The third-order valence-electron chi connectivity index (χ3n) is 3.61. The van der Waals surface area contributed by atoms with Gasteiger partial charge in [0.05, 0.1) is 5.25 Å². The topological polar surface area (TPSA) is 59.8 Å². The zero-order chi connectivity index (χ0) is 17.4. The van der Waals surface area contributed by atoms with Crippen molar-refractivity contribution < 1.29 is 9.18 Å². The molecule has 0 unspecified atom stereocenters. The summed E-state index contributed by atoms with van der Waals surface area (Å²) >= 11 is 1.40. The quantitative estimate of drug-likeness (QED) is 0.556. The van der Waals surface area contributed by atoms with Crippen LogP contribution in [0.4, 0.5) is 4.39 Å². The van der Waals surface area contributed by atoms with Crippen LogP contribution < -0.4 is 5.32 Å². The Morgan fingerprint density at radius 3 is 2.79 bits per heavy atom. The first-order valence-corrected chi connectivity index (χ1v) is 9.04. The molecular formula is C17H23FN4OS. The Kier molecular flexibility index (Phi) is 7.24. The predicted octanol–water partition coefficient (Wildman–Crippen LogP) is 3.40. The Labute approximate surface area is 146 Å². The SMILES string of the molecule is CCCCCn1cnnc1S[C@@H](C)C(=O)NCc1ccc(F)cc1. The molecule has 1 atom stereocenters. The minimum Gasteiger partial charge on any atom is -0.351 e. The number of aromatic nitrogens is 3. The highest BCUT2D eigenvalue weighted by Gasteiger charge is 2.17. The second-order valence-corrected chi connectivity index (χ2v) is 6.93. The van der Waals surface area contributed by atoms with Crippen molar-refractivity contribution in [1.82, 2.24) is 20.1 Å². The average Bonchev–Trinajstić information content (AvgIpc) is 3.01. The fourth-order valence-electron chi connectivity index (χ4n) is 2.17. The van der Waals surface area contributed by atoms with Gasteiger partial charge in [-0.3, -0.25) is 4.79 Å². The number of rotatable bonds is 9. The van der Waals surface area contributed by atoms with Gasteiger partial charge in [-0.15, -0.1) is 10.2 Å². The number of nitrogens with zero attached hydrogens (tertiary/aromatic N) is 3. The highest BCUT2D eigenvalue weighted by Crippen LogP contribution is 2.21. The van der Waals surface area contributed by atoms with Gasteiger partial charge in [0, 0.05) is 13.1 Å². The van der Waals surface area contributed by atoms with E-state index in [4.69, 9.17) is 0 Å². The Bertz CT molecular complexity index is 644. The second kappa shape index (κ2) is 9.42. The minimum absolute atomic E-state index is 0.0765. The molecule has 2 aromatic rings. The van der Waals surface area contributed by atoms with Crippen LogP contribution in [-0.4, -0.2) is 25.9 Å². The molecule has 130 valence electrons. The summed E-state index contributed by atoms with van der Waals surface area (Å²) in [5.74, 6) is -0.358. The molecule has 1 aromatic heterocycles. The average molecular weight is 350 g/mol. The normalized spacial score (nSPS) is 12.1. The molecule has 1 N–H and O–H groups in total. The standard InChI is InChI=1S/C17H23FN4OS/c1-3-4-5-10-22-12-20-21-17(22)24-13(2)16(23)19-11-14-6-8-15(18)9-7-14/h6-9,12-13H,3-5,10-11H2,1-2H3,(H,19,23)/t13-/m0/s1. The van der Waals surface area contributed by atoms with Crippen LogP contribution in [0.3, 0.4) is 0 Å². The summed E-state index contributed by atoms with van der Waals surface area (Å²) in [6.07, 6.45) is 5.11. The lowest BCUT2D eigenvalue weighted by Crippen LogP contribution is -2.30. The summed E-state index contributed by atoms with van der Waals surface area (Å²) in [5.41, 5.74) is 0.865. The third kappa shape index (κ3) is 5.63. The molecule has 0 spiro atoms. The number of aryl methyl sites for hydroxylation is 1. The fourth-order valence-corrected chi connectivity index (χ4v) is 3.04. The number of hydrogen-bond donors (Lipinski definition) is 1. The molecule has 7 heteroatoms. The molecule has 0 saturated heterocycles. The number of carbonyl (C=O) groups is 1. The molecule has 1 amide bonds. The Hall–Kier alpha value is -1.89. The molecule has 0 radical (unpaired) electrons. The number of benzene rings is 1. The maximum atomic E-state index is 12.9. The number of halogens is 1. The Balaban J connectivity index is 1.83. The van der Waals surface area contributed by atoms with Crippen molar-refractivity contribution in [2.24, 2.45) is 0 Å². The van der Waals surface area contributed by atoms with E-state index in [9.17, 15) is 9.18 Å². The highest BCUT2D eigenvalue weighted by atomic mass is 32.2. The largest absolute Gasteiger partial charge is 0.351 e. The summed E-state index contributed by atoms with van der Waals surface area (Å²) in [7, 11) is 0. The third-order valence-corrected chi connectivity index (χ3v) is 4.71. The maximum Gasteiger partial charge on any atom is 0.233 e. The Morgan fingerprint density at radius 1 is 1.33 bits per heavy atom. The minimum atomic E-state index is -0.281. The van der Waals surface area contributed by atoms with E-state index in [1.165, 1.54) is 23.9 Å². The molecular weight excluding hydrogens is 327 g/mol. The van der Waals surface area contributed by atoms with Crippen molar-refractivity contribution in [1.29, 1.82) is 0 Å². The van der Waals surface area contributed by atoms with Crippen molar-refractivity contribution in [3.8, 4) is 0 Å². The zero-order valence-corrected chi connectivity index (χ0v) is 14.9. The van der Waals surface area contributed by atoms with Crippen LogP contribution in [0, 0.1) is 5.82 Å². The van der Waals surface area contributed by atoms with Gasteiger partial charge < -0.3 is 9.88 Å².